The third kappa shape index (κ3) is 11.3. The molecule has 0 radical (unpaired) electrons. The SMILES string of the molecule is Cc1cccc(C(C(=O)NC(Cc2ccccc2)C(=O)OC(C)(C)C)N(C(=O)C(CO)NC(=O)OC(C)(C)C)C(C)(C)C)c1. The van der Waals surface area contributed by atoms with Gasteiger partial charge in [0.2, 0.25) is 11.8 Å². The van der Waals surface area contributed by atoms with Gasteiger partial charge in [0.1, 0.15) is 29.3 Å². The van der Waals surface area contributed by atoms with Crippen LogP contribution in [0.3, 0.4) is 0 Å². The van der Waals surface area contributed by atoms with Crippen molar-refractivity contribution >= 4 is 23.9 Å². The molecule has 2 rings (SSSR count). The second-order valence-electron chi connectivity index (χ2n) is 13.9. The fraction of sp³-hybridized carbons (Fsp3) is 0.529. The monoisotopic (exact) mass is 611 g/mol. The van der Waals surface area contributed by atoms with E-state index in [2.05, 4.69) is 10.6 Å². The number of alkyl carbamates (subject to hydrolysis) is 1. The van der Waals surface area contributed by atoms with Crippen LogP contribution >= 0.6 is 0 Å². The average Bonchev–Trinajstić information content (AvgIpc) is 2.87. The summed E-state index contributed by atoms with van der Waals surface area (Å²) in [7, 11) is 0. The summed E-state index contributed by atoms with van der Waals surface area (Å²) in [5.74, 6) is -1.95. The molecule has 3 unspecified atom stereocenters. The molecule has 0 saturated heterocycles. The third-order valence-electron chi connectivity index (χ3n) is 6.29. The number of aliphatic hydroxyl groups excluding tert-OH is 1. The fourth-order valence-electron chi connectivity index (χ4n) is 4.57. The second kappa shape index (κ2) is 14.7. The Kier molecular flexibility index (Phi) is 12.1. The maximum Gasteiger partial charge on any atom is 0.408 e. The zero-order chi connectivity index (χ0) is 33.5. The minimum absolute atomic E-state index is 0.158. The van der Waals surface area contributed by atoms with Gasteiger partial charge in [-0.05, 0) is 80.4 Å². The number of ether oxygens (including phenoxy) is 2. The van der Waals surface area contributed by atoms with Crippen LogP contribution in [0, 0.1) is 6.92 Å². The van der Waals surface area contributed by atoms with E-state index in [1.165, 1.54) is 4.90 Å². The summed E-state index contributed by atoms with van der Waals surface area (Å²) >= 11 is 0. The average molecular weight is 612 g/mol. The Balaban J connectivity index is 2.60. The van der Waals surface area contributed by atoms with Gasteiger partial charge < -0.3 is 30.1 Å². The first kappa shape index (κ1) is 36.3. The number of aryl methyl sites for hydroxylation is 1. The molecule has 0 fully saturated rings. The van der Waals surface area contributed by atoms with Crippen molar-refractivity contribution in [2.75, 3.05) is 6.61 Å². The van der Waals surface area contributed by atoms with Gasteiger partial charge in [-0.25, -0.2) is 9.59 Å². The first-order valence-corrected chi connectivity index (χ1v) is 14.8. The van der Waals surface area contributed by atoms with Gasteiger partial charge in [0.15, 0.2) is 0 Å². The molecule has 3 atom stereocenters. The lowest BCUT2D eigenvalue weighted by molar-refractivity contribution is -0.159. The van der Waals surface area contributed by atoms with Crippen molar-refractivity contribution in [2.24, 2.45) is 0 Å². The van der Waals surface area contributed by atoms with Gasteiger partial charge in [-0.2, -0.15) is 0 Å². The van der Waals surface area contributed by atoms with Crippen molar-refractivity contribution in [3.8, 4) is 0 Å². The summed E-state index contributed by atoms with van der Waals surface area (Å²) in [4.78, 5) is 55.8. The third-order valence-corrected chi connectivity index (χ3v) is 6.29. The number of carbonyl (C=O) groups is 4. The van der Waals surface area contributed by atoms with Gasteiger partial charge >= 0.3 is 12.1 Å². The lowest BCUT2D eigenvalue weighted by atomic mass is 9.94. The highest BCUT2D eigenvalue weighted by Gasteiger charge is 2.43. The van der Waals surface area contributed by atoms with Gasteiger partial charge in [-0.1, -0.05) is 60.2 Å². The first-order valence-electron chi connectivity index (χ1n) is 14.8. The minimum Gasteiger partial charge on any atom is -0.458 e. The Hall–Kier alpha value is -3.92. The van der Waals surface area contributed by atoms with Gasteiger partial charge in [0.25, 0.3) is 0 Å². The summed E-state index contributed by atoms with van der Waals surface area (Å²) in [6, 6.07) is 12.7. The number of nitrogens with one attached hydrogen (secondary N) is 2. The largest absolute Gasteiger partial charge is 0.458 e. The molecule has 0 bridgehead atoms. The smallest absolute Gasteiger partial charge is 0.408 e. The van der Waals surface area contributed by atoms with E-state index in [1.54, 1.807) is 80.5 Å². The highest BCUT2D eigenvalue weighted by molar-refractivity contribution is 5.94. The summed E-state index contributed by atoms with van der Waals surface area (Å²) in [6.07, 6.45) is -0.728. The van der Waals surface area contributed by atoms with Crippen LogP contribution in [0.5, 0.6) is 0 Å². The van der Waals surface area contributed by atoms with E-state index in [4.69, 9.17) is 9.47 Å². The van der Waals surface area contributed by atoms with Crippen LogP contribution in [0.1, 0.15) is 85.0 Å². The summed E-state index contributed by atoms with van der Waals surface area (Å²) in [6.45, 7) is 16.6. The maximum atomic E-state index is 14.4. The van der Waals surface area contributed by atoms with Crippen LogP contribution < -0.4 is 10.6 Å². The lowest BCUT2D eigenvalue weighted by Crippen LogP contribution is -2.60. The molecule has 3 N–H and O–H groups in total. The molecule has 0 saturated carbocycles. The quantitative estimate of drug-likeness (QED) is 0.334. The van der Waals surface area contributed by atoms with Crippen LogP contribution in [-0.4, -0.2) is 69.3 Å². The normalized spacial score (nSPS) is 14.1. The number of hydrogen-bond acceptors (Lipinski definition) is 7. The number of benzene rings is 2. The summed E-state index contributed by atoms with van der Waals surface area (Å²) in [5.41, 5.74) is -0.478. The van der Waals surface area contributed by atoms with Gasteiger partial charge in [-0.15, -0.1) is 0 Å². The molecule has 2 aromatic carbocycles. The van der Waals surface area contributed by atoms with E-state index >= 15 is 0 Å². The van der Waals surface area contributed by atoms with Crippen LogP contribution in [0.4, 0.5) is 4.79 Å². The van der Waals surface area contributed by atoms with Gasteiger partial charge in [0.05, 0.1) is 6.61 Å². The molecule has 10 heteroatoms. The van der Waals surface area contributed by atoms with E-state index in [0.29, 0.717) is 5.56 Å². The molecule has 44 heavy (non-hydrogen) atoms. The molecule has 0 aliphatic rings. The number of amides is 3. The van der Waals surface area contributed by atoms with Crippen LogP contribution in [0.2, 0.25) is 0 Å². The van der Waals surface area contributed by atoms with Crippen molar-refractivity contribution in [2.45, 2.75) is 111 Å². The zero-order valence-electron chi connectivity index (χ0n) is 27.7. The Morgan fingerprint density at radius 1 is 0.795 bits per heavy atom. The maximum absolute atomic E-state index is 14.4. The summed E-state index contributed by atoms with van der Waals surface area (Å²) in [5, 5.41) is 15.5. The van der Waals surface area contributed by atoms with Crippen molar-refractivity contribution in [3.63, 3.8) is 0 Å². The molecule has 10 nitrogen and oxygen atoms in total. The molecule has 3 amide bonds. The first-order chi connectivity index (χ1) is 20.2. The molecule has 0 aromatic heterocycles. The van der Waals surface area contributed by atoms with Crippen molar-refractivity contribution in [1.82, 2.24) is 15.5 Å². The molecule has 0 aliphatic carbocycles. The molecular weight excluding hydrogens is 562 g/mol. The highest BCUT2D eigenvalue weighted by Crippen LogP contribution is 2.31. The van der Waals surface area contributed by atoms with Crippen molar-refractivity contribution < 1.29 is 33.8 Å². The number of rotatable bonds is 10. The highest BCUT2D eigenvalue weighted by atomic mass is 16.6. The lowest BCUT2D eigenvalue weighted by Gasteiger charge is -2.43. The van der Waals surface area contributed by atoms with Gasteiger partial charge in [0, 0.05) is 12.0 Å². The molecule has 0 spiro atoms. The standard InChI is InChI=1S/C34H49N3O7/c1-22-15-14-18-24(19-22)27(37(32(2,3)4)29(40)26(21-38)36-31(42)44-34(8,9)10)28(39)35-25(30(41)43-33(5,6)7)20-23-16-12-11-13-17-23/h11-19,25-27,38H,20-21H2,1-10H3,(H,35,39)(H,36,42). The van der Waals surface area contributed by atoms with Crippen molar-refractivity contribution in [3.05, 3.63) is 71.3 Å². The Morgan fingerprint density at radius 3 is 1.89 bits per heavy atom. The van der Waals surface area contributed by atoms with E-state index < -0.39 is 65.4 Å². The predicted octanol–water partition coefficient (Wildman–Crippen LogP) is 4.62. The van der Waals surface area contributed by atoms with Gasteiger partial charge in [-0.3, -0.25) is 9.59 Å². The molecule has 0 heterocycles. The Labute approximate surface area is 261 Å². The molecule has 0 aliphatic heterocycles. The minimum atomic E-state index is -1.41. The summed E-state index contributed by atoms with van der Waals surface area (Å²) < 4.78 is 11.0. The number of nitrogens with zero attached hydrogens (tertiary/aromatic N) is 1. The Bertz CT molecular complexity index is 1290. The van der Waals surface area contributed by atoms with Crippen LogP contribution in [0.15, 0.2) is 54.6 Å². The molecular formula is C34H49N3O7. The van der Waals surface area contributed by atoms with E-state index in [0.717, 1.165) is 11.1 Å². The topological polar surface area (TPSA) is 134 Å². The zero-order valence-corrected chi connectivity index (χ0v) is 27.7. The molecule has 242 valence electrons. The fourth-order valence-corrected chi connectivity index (χ4v) is 4.57. The van der Waals surface area contributed by atoms with E-state index in [9.17, 15) is 24.3 Å². The van der Waals surface area contributed by atoms with Crippen LogP contribution in [-0.2, 0) is 30.3 Å². The number of hydrogen-bond donors (Lipinski definition) is 3. The van der Waals surface area contributed by atoms with Crippen LogP contribution in [0.25, 0.3) is 0 Å². The second-order valence-corrected chi connectivity index (χ2v) is 13.9. The van der Waals surface area contributed by atoms with E-state index in [1.807, 2.05) is 43.3 Å². The predicted molar refractivity (Wildman–Crippen MR) is 169 cm³/mol. The van der Waals surface area contributed by atoms with E-state index in [-0.39, 0.29) is 6.42 Å². The number of aliphatic hydroxyl groups is 1. The number of carbonyl (C=O) groups excluding carboxylic acids is 4. The molecule has 2 aromatic rings. The Morgan fingerprint density at radius 2 is 1.39 bits per heavy atom. The van der Waals surface area contributed by atoms with Crippen molar-refractivity contribution in [1.29, 1.82) is 0 Å². The number of esters is 1.